The molecule has 2 aromatic rings. The van der Waals surface area contributed by atoms with Gasteiger partial charge in [0.15, 0.2) is 0 Å². The summed E-state index contributed by atoms with van der Waals surface area (Å²) in [4.78, 5) is 0. The average molecular weight is 206 g/mol. The van der Waals surface area contributed by atoms with Crippen LogP contribution in [0.1, 0.15) is 11.1 Å². The molecule has 2 rings (SSSR count). The van der Waals surface area contributed by atoms with Crippen LogP contribution in [0.2, 0.25) is 0 Å². The van der Waals surface area contributed by atoms with Gasteiger partial charge in [-0.2, -0.15) is 0 Å². The van der Waals surface area contributed by atoms with Crippen molar-refractivity contribution in [3.05, 3.63) is 59.7 Å². The van der Waals surface area contributed by atoms with Gasteiger partial charge in [0.2, 0.25) is 0 Å². The summed E-state index contributed by atoms with van der Waals surface area (Å²) in [5.41, 5.74) is 5.51. The van der Waals surface area contributed by atoms with Crippen LogP contribution in [0, 0.1) is 0 Å². The van der Waals surface area contributed by atoms with Gasteiger partial charge in [-0.3, -0.25) is 0 Å². The van der Waals surface area contributed by atoms with Gasteiger partial charge >= 0.3 is 0 Å². The van der Waals surface area contributed by atoms with Crippen molar-refractivity contribution in [1.82, 2.24) is 0 Å². The van der Waals surface area contributed by atoms with Crippen LogP contribution in [0.4, 0.5) is 0 Å². The van der Waals surface area contributed by atoms with Crippen LogP contribution in [0.25, 0.3) is 0 Å². The zero-order valence-corrected chi connectivity index (χ0v) is 10.0. The number of benzene rings is 2. The summed E-state index contributed by atoms with van der Waals surface area (Å²) >= 11 is 0. The predicted molar refractivity (Wildman–Crippen MR) is 76.6 cm³/mol. The van der Waals surface area contributed by atoms with E-state index in [9.17, 15) is 0 Å². The van der Waals surface area contributed by atoms with Crippen LogP contribution in [0.15, 0.2) is 48.5 Å². The minimum absolute atomic E-state index is 1.13. The molecule has 2 aromatic carbocycles. The summed E-state index contributed by atoms with van der Waals surface area (Å²) < 4.78 is 0. The van der Waals surface area contributed by atoms with Gasteiger partial charge in [0, 0.05) is 0 Å². The summed E-state index contributed by atoms with van der Waals surface area (Å²) in [7, 11) is 4.26. The zero-order chi connectivity index (χ0) is 11.4. The highest BCUT2D eigenvalue weighted by atomic mass is 14.0. The topological polar surface area (TPSA) is 0 Å². The smallest absolute Gasteiger partial charge is 0.0889 e. The molecule has 0 aliphatic heterocycles. The van der Waals surface area contributed by atoms with Crippen molar-refractivity contribution in [1.29, 1.82) is 0 Å². The van der Waals surface area contributed by atoms with Crippen molar-refractivity contribution in [2.24, 2.45) is 0 Å². The predicted octanol–water partition coefficient (Wildman–Crippen LogP) is -0.0114. The molecule has 0 nitrogen and oxygen atoms in total. The quantitative estimate of drug-likeness (QED) is 0.619. The van der Waals surface area contributed by atoms with E-state index in [1.807, 2.05) is 0 Å². The van der Waals surface area contributed by atoms with Gasteiger partial charge in [-0.15, -0.1) is 0 Å². The first-order chi connectivity index (χ1) is 7.74. The lowest BCUT2D eigenvalue weighted by atomic mass is 9.92. The van der Waals surface area contributed by atoms with Crippen molar-refractivity contribution in [3.8, 4) is 0 Å². The number of hydrogen-bond acceptors (Lipinski definition) is 0. The molecule has 0 bridgehead atoms. The van der Waals surface area contributed by atoms with Gasteiger partial charge in [0.25, 0.3) is 0 Å². The molecule has 2 heteroatoms. The minimum Gasteiger partial charge on any atom is -0.0889 e. The van der Waals surface area contributed by atoms with Gasteiger partial charge in [0.05, 0.1) is 0 Å². The van der Waals surface area contributed by atoms with Gasteiger partial charge in [-0.05, 0) is 24.0 Å². The SMILES string of the molecule is Bc1ccc(CCc2ccc(B)cc2)cc1. The Morgan fingerprint density at radius 1 is 0.562 bits per heavy atom. The highest BCUT2D eigenvalue weighted by Gasteiger charge is 1.95. The molecule has 0 saturated carbocycles. The molecule has 0 amide bonds. The number of hydrogen-bond donors (Lipinski definition) is 0. The molecule has 0 saturated heterocycles. The lowest BCUT2D eigenvalue weighted by Gasteiger charge is -2.03. The van der Waals surface area contributed by atoms with E-state index >= 15 is 0 Å². The van der Waals surface area contributed by atoms with E-state index in [0.29, 0.717) is 0 Å². The first-order valence-corrected chi connectivity index (χ1v) is 5.85. The maximum atomic E-state index is 2.23. The van der Waals surface area contributed by atoms with Crippen LogP contribution in [0.3, 0.4) is 0 Å². The normalized spacial score (nSPS) is 10.2. The van der Waals surface area contributed by atoms with E-state index in [4.69, 9.17) is 0 Å². The lowest BCUT2D eigenvalue weighted by Crippen LogP contribution is -2.03. The molecule has 0 N–H and O–H groups in total. The van der Waals surface area contributed by atoms with Crippen molar-refractivity contribution in [2.45, 2.75) is 12.8 Å². The van der Waals surface area contributed by atoms with Gasteiger partial charge in [0.1, 0.15) is 15.7 Å². The first kappa shape index (κ1) is 11.1. The maximum absolute atomic E-state index is 2.23. The fourth-order valence-corrected chi connectivity index (χ4v) is 1.80. The third kappa shape index (κ3) is 3.03. The fraction of sp³-hybridized carbons (Fsp3) is 0.143. The Morgan fingerprint density at radius 2 is 0.875 bits per heavy atom. The Bertz CT molecular complexity index is 398. The maximum Gasteiger partial charge on any atom is 0.139 e. The summed E-state index contributed by atoms with van der Waals surface area (Å²) in [5, 5.41) is 0. The minimum atomic E-state index is 1.13. The Balaban J connectivity index is 1.97. The van der Waals surface area contributed by atoms with Crippen molar-refractivity contribution in [2.75, 3.05) is 0 Å². The Labute approximate surface area is 99.5 Å². The monoisotopic (exact) mass is 206 g/mol. The molecule has 16 heavy (non-hydrogen) atoms. The van der Waals surface area contributed by atoms with Crippen LogP contribution < -0.4 is 10.9 Å². The second-order valence-electron chi connectivity index (χ2n) is 4.47. The second kappa shape index (κ2) is 5.07. The zero-order valence-electron chi connectivity index (χ0n) is 10.0. The average Bonchev–Trinajstić information content (AvgIpc) is 2.30. The van der Waals surface area contributed by atoms with Crippen molar-refractivity contribution < 1.29 is 0 Å². The Morgan fingerprint density at radius 3 is 1.19 bits per heavy atom. The van der Waals surface area contributed by atoms with Crippen LogP contribution in [0.5, 0.6) is 0 Å². The van der Waals surface area contributed by atoms with E-state index in [2.05, 4.69) is 64.2 Å². The standard InChI is InChI=1S/C14H16B2/c15-13-7-3-11(4-8-13)1-2-12-5-9-14(16)10-6-12/h3-10H,1-2,15-16H2. The van der Waals surface area contributed by atoms with E-state index in [0.717, 1.165) is 12.8 Å². The van der Waals surface area contributed by atoms with Gasteiger partial charge in [-0.1, -0.05) is 59.5 Å². The van der Waals surface area contributed by atoms with E-state index in [1.54, 1.807) is 0 Å². The molecule has 78 valence electrons. The first-order valence-electron chi connectivity index (χ1n) is 5.85. The summed E-state index contributed by atoms with van der Waals surface area (Å²) in [6.07, 6.45) is 2.26. The van der Waals surface area contributed by atoms with E-state index in [1.165, 1.54) is 22.1 Å². The molecule has 0 unspecified atom stereocenters. The number of rotatable bonds is 3. The molecule has 0 radical (unpaired) electrons. The van der Waals surface area contributed by atoms with Gasteiger partial charge in [-0.25, -0.2) is 0 Å². The molecule has 0 fully saturated rings. The molecule has 0 aromatic heterocycles. The molecule has 0 aliphatic rings. The molecule has 0 aliphatic carbocycles. The summed E-state index contributed by atoms with van der Waals surface area (Å²) in [6, 6.07) is 17.6. The molecular formula is C14H16B2. The largest absolute Gasteiger partial charge is 0.139 e. The highest BCUT2D eigenvalue weighted by Crippen LogP contribution is 2.05. The summed E-state index contributed by atoms with van der Waals surface area (Å²) in [6.45, 7) is 0. The second-order valence-corrected chi connectivity index (χ2v) is 4.47. The van der Waals surface area contributed by atoms with E-state index in [-0.39, 0.29) is 0 Å². The van der Waals surface area contributed by atoms with E-state index < -0.39 is 0 Å². The summed E-state index contributed by atoms with van der Waals surface area (Å²) in [5.74, 6) is 0. The van der Waals surface area contributed by atoms with Crippen LogP contribution in [-0.2, 0) is 12.8 Å². The van der Waals surface area contributed by atoms with Gasteiger partial charge < -0.3 is 0 Å². The molecule has 0 spiro atoms. The third-order valence-electron chi connectivity index (χ3n) is 2.94. The third-order valence-corrected chi connectivity index (χ3v) is 2.94. The molecular weight excluding hydrogens is 190 g/mol. The van der Waals surface area contributed by atoms with Crippen LogP contribution >= 0.6 is 0 Å². The van der Waals surface area contributed by atoms with Crippen molar-refractivity contribution in [3.63, 3.8) is 0 Å². The Hall–Kier alpha value is -1.43. The molecule has 0 heterocycles. The lowest BCUT2D eigenvalue weighted by molar-refractivity contribution is 0.961. The fourth-order valence-electron chi connectivity index (χ4n) is 1.80. The van der Waals surface area contributed by atoms with Crippen LogP contribution in [-0.4, -0.2) is 15.7 Å². The molecule has 0 atom stereocenters. The Kier molecular flexibility index (Phi) is 3.51. The van der Waals surface area contributed by atoms with Crippen molar-refractivity contribution >= 4 is 26.6 Å². The highest BCUT2D eigenvalue weighted by molar-refractivity contribution is 6.32. The number of aryl methyl sites for hydroxylation is 2.